The standard InChI is InChI=1S/C12H16O3/c1-3-8-5-11-12(15-7-14-11)6-9(8)10(13)4-2/h5-6,10,13H,3-4,7H2,1-2H3. The van der Waals surface area contributed by atoms with Crippen molar-refractivity contribution in [2.24, 2.45) is 0 Å². The van der Waals surface area contributed by atoms with E-state index in [1.165, 1.54) is 0 Å². The molecular formula is C12H16O3. The Bertz CT molecular complexity index is 360. The van der Waals surface area contributed by atoms with Crippen LogP contribution in [-0.4, -0.2) is 11.9 Å². The molecule has 0 bridgehead atoms. The van der Waals surface area contributed by atoms with Crippen LogP contribution in [0, 0.1) is 0 Å². The smallest absolute Gasteiger partial charge is 0.231 e. The lowest BCUT2D eigenvalue weighted by Gasteiger charge is -2.13. The number of hydrogen-bond donors (Lipinski definition) is 1. The van der Waals surface area contributed by atoms with Crippen molar-refractivity contribution in [1.82, 2.24) is 0 Å². The lowest BCUT2D eigenvalue weighted by Crippen LogP contribution is -2.00. The van der Waals surface area contributed by atoms with E-state index in [1.54, 1.807) is 0 Å². The van der Waals surface area contributed by atoms with Gasteiger partial charge in [-0.05, 0) is 36.1 Å². The van der Waals surface area contributed by atoms with Crippen LogP contribution >= 0.6 is 0 Å². The summed E-state index contributed by atoms with van der Waals surface area (Å²) in [6.45, 7) is 4.32. The van der Waals surface area contributed by atoms with E-state index in [-0.39, 0.29) is 6.79 Å². The van der Waals surface area contributed by atoms with Gasteiger partial charge in [0.2, 0.25) is 6.79 Å². The Morgan fingerprint density at radius 3 is 2.53 bits per heavy atom. The zero-order chi connectivity index (χ0) is 10.8. The van der Waals surface area contributed by atoms with E-state index in [2.05, 4.69) is 6.92 Å². The Morgan fingerprint density at radius 1 is 1.27 bits per heavy atom. The molecular weight excluding hydrogens is 192 g/mol. The minimum atomic E-state index is -0.408. The van der Waals surface area contributed by atoms with Crippen LogP contribution in [-0.2, 0) is 6.42 Å². The summed E-state index contributed by atoms with van der Waals surface area (Å²) in [7, 11) is 0. The fourth-order valence-electron chi connectivity index (χ4n) is 1.84. The minimum absolute atomic E-state index is 0.282. The van der Waals surface area contributed by atoms with Gasteiger partial charge in [0.25, 0.3) is 0 Å². The Labute approximate surface area is 89.6 Å². The molecule has 1 atom stereocenters. The molecule has 0 saturated carbocycles. The Morgan fingerprint density at radius 2 is 1.93 bits per heavy atom. The monoisotopic (exact) mass is 208 g/mol. The first-order valence-electron chi connectivity index (χ1n) is 5.36. The largest absolute Gasteiger partial charge is 0.454 e. The molecule has 1 heterocycles. The number of aryl methyl sites for hydroxylation is 1. The van der Waals surface area contributed by atoms with E-state index in [1.807, 2.05) is 19.1 Å². The molecule has 0 fully saturated rings. The van der Waals surface area contributed by atoms with Gasteiger partial charge in [0.15, 0.2) is 11.5 Å². The van der Waals surface area contributed by atoms with Crippen LogP contribution in [0.2, 0.25) is 0 Å². The molecule has 1 unspecified atom stereocenters. The number of aliphatic hydroxyl groups excluding tert-OH is 1. The van der Waals surface area contributed by atoms with E-state index >= 15 is 0 Å². The van der Waals surface area contributed by atoms with Crippen LogP contribution in [0.4, 0.5) is 0 Å². The summed E-state index contributed by atoms with van der Waals surface area (Å²) in [5.74, 6) is 1.54. The average Bonchev–Trinajstić information content (AvgIpc) is 2.73. The Kier molecular flexibility index (Phi) is 2.82. The molecule has 0 saturated heterocycles. The second-order valence-corrected chi connectivity index (χ2v) is 3.68. The van der Waals surface area contributed by atoms with Crippen LogP contribution in [0.1, 0.15) is 37.5 Å². The van der Waals surface area contributed by atoms with E-state index in [0.717, 1.165) is 29.0 Å². The van der Waals surface area contributed by atoms with Gasteiger partial charge in [-0.3, -0.25) is 0 Å². The van der Waals surface area contributed by atoms with Crippen molar-refractivity contribution < 1.29 is 14.6 Å². The molecule has 0 amide bonds. The molecule has 0 aliphatic carbocycles. The van der Waals surface area contributed by atoms with Gasteiger partial charge in [-0.25, -0.2) is 0 Å². The molecule has 3 heteroatoms. The van der Waals surface area contributed by atoms with Crippen molar-refractivity contribution in [3.05, 3.63) is 23.3 Å². The van der Waals surface area contributed by atoms with Crippen molar-refractivity contribution in [1.29, 1.82) is 0 Å². The van der Waals surface area contributed by atoms with Crippen molar-refractivity contribution in [2.75, 3.05) is 6.79 Å². The highest BCUT2D eigenvalue weighted by molar-refractivity contribution is 5.49. The molecule has 3 nitrogen and oxygen atoms in total. The maximum Gasteiger partial charge on any atom is 0.231 e. The fourth-order valence-corrected chi connectivity index (χ4v) is 1.84. The Balaban J connectivity index is 2.44. The zero-order valence-corrected chi connectivity index (χ0v) is 9.12. The van der Waals surface area contributed by atoms with E-state index in [9.17, 15) is 5.11 Å². The fraction of sp³-hybridized carbons (Fsp3) is 0.500. The molecule has 0 radical (unpaired) electrons. The van der Waals surface area contributed by atoms with Gasteiger partial charge < -0.3 is 14.6 Å². The van der Waals surface area contributed by atoms with Crippen LogP contribution in [0.25, 0.3) is 0 Å². The first-order valence-corrected chi connectivity index (χ1v) is 5.36. The lowest BCUT2D eigenvalue weighted by atomic mass is 9.98. The van der Waals surface area contributed by atoms with Gasteiger partial charge in [-0.15, -0.1) is 0 Å². The summed E-state index contributed by atoms with van der Waals surface area (Å²) in [5, 5.41) is 9.88. The summed E-state index contributed by atoms with van der Waals surface area (Å²) in [6, 6.07) is 3.87. The van der Waals surface area contributed by atoms with Gasteiger partial charge in [0, 0.05) is 0 Å². The van der Waals surface area contributed by atoms with Crippen molar-refractivity contribution >= 4 is 0 Å². The third kappa shape index (κ3) is 1.79. The van der Waals surface area contributed by atoms with Gasteiger partial charge in [-0.2, -0.15) is 0 Å². The van der Waals surface area contributed by atoms with E-state index in [0.29, 0.717) is 6.42 Å². The molecule has 15 heavy (non-hydrogen) atoms. The summed E-state index contributed by atoms with van der Waals surface area (Å²) in [5.41, 5.74) is 2.10. The number of rotatable bonds is 3. The van der Waals surface area contributed by atoms with Gasteiger partial charge in [0.05, 0.1) is 6.10 Å². The first-order chi connectivity index (χ1) is 7.26. The maximum atomic E-state index is 9.88. The predicted molar refractivity (Wildman–Crippen MR) is 57.2 cm³/mol. The minimum Gasteiger partial charge on any atom is -0.454 e. The molecule has 1 N–H and O–H groups in total. The lowest BCUT2D eigenvalue weighted by molar-refractivity contribution is 0.169. The highest BCUT2D eigenvalue weighted by Crippen LogP contribution is 2.37. The molecule has 0 aromatic heterocycles. The first kappa shape index (κ1) is 10.3. The second kappa shape index (κ2) is 4.11. The number of hydrogen-bond acceptors (Lipinski definition) is 3. The highest BCUT2D eigenvalue weighted by Gasteiger charge is 2.19. The highest BCUT2D eigenvalue weighted by atomic mass is 16.7. The van der Waals surface area contributed by atoms with Crippen molar-refractivity contribution in [3.63, 3.8) is 0 Å². The van der Waals surface area contributed by atoms with Crippen molar-refractivity contribution in [3.8, 4) is 11.5 Å². The van der Waals surface area contributed by atoms with Crippen LogP contribution < -0.4 is 9.47 Å². The number of fused-ring (bicyclic) bond motifs is 1. The molecule has 82 valence electrons. The molecule has 0 spiro atoms. The number of benzene rings is 1. The average molecular weight is 208 g/mol. The third-order valence-electron chi connectivity index (χ3n) is 2.76. The molecule has 1 aromatic rings. The topological polar surface area (TPSA) is 38.7 Å². The Hall–Kier alpha value is -1.22. The van der Waals surface area contributed by atoms with Gasteiger partial charge >= 0.3 is 0 Å². The normalized spacial score (nSPS) is 15.4. The van der Waals surface area contributed by atoms with Gasteiger partial charge in [-0.1, -0.05) is 13.8 Å². The maximum absolute atomic E-state index is 9.88. The molecule has 1 aromatic carbocycles. The predicted octanol–water partition coefficient (Wildman–Crippen LogP) is 2.42. The van der Waals surface area contributed by atoms with Crippen LogP contribution in [0.15, 0.2) is 12.1 Å². The van der Waals surface area contributed by atoms with Crippen molar-refractivity contribution in [2.45, 2.75) is 32.8 Å². The van der Waals surface area contributed by atoms with Gasteiger partial charge in [0.1, 0.15) is 0 Å². The van der Waals surface area contributed by atoms with E-state index < -0.39 is 6.10 Å². The number of aliphatic hydroxyl groups is 1. The molecule has 1 aliphatic heterocycles. The third-order valence-corrected chi connectivity index (χ3v) is 2.76. The second-order valence-electron chi connectivity index (χ2n) is 3.68. The zero-order valence-electron chi connectivity index (χ0n) is 9.12. The summed E-state index contributed by atoms with van der Waals surface area (Å²) in [4.78, 5) is 0. The summed E-state index contributed by atoms with van der Waals surface area (Å²) < 4.78 is 10.6. The molecule has 1 aliphatic rings. The van der Waals surface area contributed by atoms with Crippen LogP contribution in [0.5, 0.6) is 11.5 Å². The van der Waals surface area contributed by atoms with E-state index in [4.69, 9.17) is 9.47 Å². The summed E-state index contributed by atoms with van der Waals surface area (Å²) in [6.07, 6.45) is 1.20. The SMILES string of the molecule is CCc1cc2c(cc1C(O)CC)OCO2. The summed E-state index contributed by atoms with van der Waals surface area (Å²) >= 11 is 0. The van der Waals surface area contributed by atoms with Crippen LogP contribution in [0.3, 0.4) is 0 Å². The quantitative estimate of drug-likeness (QED) is 0.829. The number of ether oxygens (including phenoxy) is 2. The molecule has 2 rings (SSSR count).